The molecule has 1 aliphatic heterocycles. The number of pyridine rings is 1. The maximum absolute atomic E-state index is 13.0. The van der Waals surface area contributed by atoms with Crippen LogP contribution in [0.25, 0.3) is 10.9 Å². The third kappa shape index (κ3) is 3.22. The highest BCUT2D eigenvalue weighted by Gasteiger charge is 2.33. The Kier molecular flexibility index (Phi) is 4.58. The van der Waals surface area contributed by atoms with Gasteiger partial charge in [0.15, 0.2) is 0 Å². The van der Waals surface area contributed by atoms with E-state index in [0.29, 0.717) is 11.1 Å². The maximum Gasteiger partial charge on any atom is 0.418 e. The average molecular weight is 318 g/mol. The normalized spacial score (nSPS) is 18.5. The van der Waals surface area contributed by atoms with Crippen LogP contribution in [0.1, 0.15) is 12.0 Å². The highest BCUT2D eigenvalue weighted by molar-refractivity contribution is 5.93. The summed E-state index contributed by atoms with van der Waals surface area (Å²) in [5.41, 5.74) is 0.00829. The molecule has 1 saturated heterocycles. The Labute approximate surface area is 126 Å². The Hall–Kier alpha value is -1.53. The van der Waals surface area contributed by atoms with Gasteiger partial charge < -0.3 is 10.6 Å². The summed E-state index contributed by atoms with van der Waals surface area (Å²) in [5.74, 6) is 0. The molecule has 0 radical (unpaired) electrons. The lowest BCUT2D eigenvalue weighted by atomic mass is 10.1. The van der Waals surface area contributed by atoms with Crippen molar-refractivity contribution in [3.63, 3.8) is 0 Å². The second-order valence-electron chi connectivity index (χ2n) is 4.89. The first-order valence-corrected chi connectivity index (χ1v) is 6.48. The van der Waals surface area contributed by atoms with E-state index in [9.17, 15) is 13.2 Å². The number of nitrogens with one attached hydrogen (secondary N) is 2. The zero-order valence-electron chi connectivity index (χ0n) is 11.1. The van der Waals surface area contributed by atoms with E-state index in [1.807, 2.05) is 0 Å². The van der Waals surface area contributed by atoms with Crippen molar-refractivity contribution in [2.75, 3.05) is 18.4 Å². The lowest BCUT2D eigenvalue weighted by Gasteiger charge is -2.16. The molecule has 7 heteroatoms. The number of nitrogens with zero attached hydrogens (tertiary/aromatic N) is 1. The second-order valence-corrected chi connectivity index (χ2v) is 4.89. The van der Waals surface area contributed by atoms with Gasteiger partial charge in [-0.3, -0.25) is 4.98 Å². The Balaban J connectivity index is 0.00000161. The first kappa shape index (κ1) is 15.9. The largest absolute Gasteiger partial charge is 0.418 e. The van der Waals surface area contributed by atoms with Crippen LogP contribution in [0, 0.1) is 0 Å². The van der Waals surface area contributed by atoms with Crippen LogP contribution < -0.4 is 10.6 Å². The molecule has 0 bridgehead atoms. The Morgan fingerprint density at radius 1 is 1.24 bits per heavy atom. The summed E-state index contributed by atoms with van der Waals surface area (Å²) >= 11 is 0. The van der Waals surface area contributed by atoms with E-state index < -0.39 is 11.7 Å². The van der Waals surface area contributed by atoms with Gasteiger partial charge in [-0.2, -0.15) is 13.2 Å². The molecule has 0 spiro atoms. The van der Waals surface area contributed by atoms with Crippen LogP contribution in [0.4, 0.5) is 18.9 Å². The number of hydrogen-bond acceptors (Lipinski definition) is 3. The van der Waals surface area contributed by atoms with Gasteiger partial charge in [0, 0.05) is 29.9 Å². The molecule has 114 valence electrons. The predicted molar refractivity (Wildman–Crippen MR) is 78.9 cm³/mol. The summed E-state index contributed by atoms with van der Waals surface area (Å²) in [6.07, 6.45) is -2.01. The summed E-state index contributed by atoms with van der Waals surface area (Å²) in [7, 11) is 0. The van der Waals surface area contributed by atoms with Crippen molar-refractivity contribution < 1.29 is 13.2 Å². The van der Waals surface area contributed by atoms with E-state index in [1.165, 1.54) is 12.3 Å². The van der Waals surface area contributed by atoms with E-state index in [2.05, 4.69) is 15.6 Å². The Morgan fingerprint density at radius 3 is 2.71 bits per heavy atom. The van der Waals surface area contributed by atoms with Gasteiger partial charge in [0.1, 0.15) is 0 Å². The molecule has 1 atom stereocenters. The van der Waals surface area contributed by atoms with Gasteiger partial charge in [-0.1, -0.05) is 12.1 Å². The highest BCUT2D eigenvalue weighted by atomic mass is 35.5. The van der Waals surface area contributed by atoms with Gasteiger partial charge in [0.05, 0.1) is 11.1 Å². The van der Waals surface area contributed by atoms with Gasteiger partial charge in [-0.05, 0) is 25.1 Å². The Bertz CT molecular complexity index is 624. The van der Waals surface area contributed by atoms with Crippen LogP contribution >= 0.6 is 12.4 Å². The number of halogens is 4. The van der Waals surface area contributed by atoms with Gasteiger partial charge in [0.25, 0.3) is 0 Å². The SMILES string of the molecule is Cl.FC(F)(F)c1cccc2c(NC3CCNC3)ccnc12. The molecule has 1 fully saturated rings. The fourth-order valence-corrected chi connectivity index (χ4v) is 2.53. The zero-order chi connectivity index (χ0) is 14.2. The number of benzene rings is 1. The molecule has 1 aromatic heterocycles. The average Bonchev–Trinajstić information content (AvgIpc) is 2.90. The zero-order valence-corrected chi connectivity index (χ0v) is 11.9. The molecule has 0 saturated carbocycles. The van der Waals surface area contributed by atoms with Crippen LogP contribution in [0.5, 0.6) is 0 Å². The molecule has 0 amide bonds. The molecule has 2 heterocycles. The van der Waals surface area contributed by atoms with Crippen molar-refractivity contribution in [2.45, 2.75) is 18.6 Å². The van der Waals surface area contributed by atoms with E-state index in [1.54, 1.807) is 12.1 Å². The van der Waals surface area contributed by atoms with E-state index in [-0.39, 0.29) is 24.0 Å². The van der Waals surface area contributed by atoms with Crippen LogP contribution in [0.3, 0.4) is 0 Å². The summed E-state index contributed by atoms with van der Waals surface area (Å²) < 4.78 is 39.0. The third-order valence-corrected chi connectivity index (χ3v) is 3.50. The number of fused-ring (bicyclic) bond motifs is 1. The van der Waals surface area contributed by atoms with Crippen LogP contribution in [0.15, 0.2) is 30.5 Å². The van der Waals surface area contributed by atoms with Crippen LogP contribution in [-0.2, 0) is 6.18 Å². The number of alkyl halides is 3. The molecule has 1 aromatic carbocycles. The molecule has 3 rings (SSSR count). The highest BCUT2D eigenvalue weighted by Crippen LogP contribution is 2.35. The standard InChI is InChI=1S/C14H14F3N3.ClH/c15-14(16,17)11-3-1-2-10-12(5-7-19-13(10)11)20-9-4-6-18-8-9;/h1-3,5,7,9,18H,4,6,8H2,(H,19,20);1H. The number of hydrogen-bond donors (Lipinski definition) is 2. The minimum Gasteiger partial charge on any atom is -0.380 e. The van der Waals surface area contributed by atoms with E-state index >= 15 is 0 Å². The van der Waals surface area contributed by atoms with Gasteiger partial charge >= 0.3 is 6.18 Å². The number of rotatable bonds is 2. The lowest BCUT2D eigenvalue weighted by Crippen LogP contribution is -2.22. The van der Waals surface area contributed by atoms with Crippen LogP contribution in [0.2, 0.25) is 0 Å². The summed E-state index contributed by atoms with van der Waals surface area (Å²) in [4.78, 5) is 3.91. The fraction of sp³-hybridized carbons (Fsp3) is 0.357. The van der Waals surface area contributed by atoms with Gasteiger partial charge in [-0.15, -0.1) is 12.4 Å². The third-order valence-electron chi connectivity index (χ3n) is 3.50. The lowest BCUT2D eigenvalue weighted by molar-refractivity contribution is -0.136. The molecule has 3 nitrogen and oxygen atoms in total. The maximum atomic E-state index is 13.0. The molecular formula is C14H15ClF3N3. The first-order valence-electron chi connectivity index (χ1n) is 6.48. The van der Waals surface area contributed by atoms with Gasteiger partial charge in [-0.25, -0.2) is 0 Å². The summed E-state index contributed by atoms with van der Waals surface area (Å²) in [6, 6.07) is 6.12. The minimum absolute atomic E-state index is 0. The second kappa shape index (κ2) is 6.07. The molecule has 2 aromatic rings. The number of para-hydroxylation sites is 1. The van der Waals surface area contributed by atoms with Crippen LogP contribution in [-0.4, -0.2) is 24.1 Å². The molecule has 21 heavy (non-hydrogen) atoms. The predicted octanol–water partition coefficient (Wildman–Crippen LogP) is 3.45. The fourth-order valence-electron chi connectivity index (χ4n) is 2.53. The van der Waals surface area contributed by atoms with Crippen molar-refractivity contribution >= 4 is 29.0 Å². The van der Waals surface area contributed by atoms with E-state index in [0.717, 1.165) is 25.6 Å². The van der Waals surface area contributed by atoms with Crippen molar-refractivity contribution in [1.29, 1.82) is 0 Å². The van der Waals surface area contributed by atoms with E-state index in [4.69, 9.17) is 0 Å². The minimum atomic E-state index is -4.39. The topological polar surface area (TPSA) is 37.0 Å². The first-order chi connectivity index (χ1) is 9.55. The van der Waals surface area contributed by atoms with Crippen molar-refractivity contribution in [3.05, 3.63) is 36.0 Å². The molecule has 1 unspecified atom stereocenters. The monoisotopic (exact) mass is 317 g/mol. The molecule has 2 N–H and O–H groups in total. The Morgan fingerprint density at radius 2 is 2.05 bits per heavy atom. The molecular weight excluding hydrogens is 303 g/mol. The van der Waals surface area contributed by atoms with Crippen molar-refractivity contribution in [1.82, 2.24) is 10.3 Å². The summed E-state index contributed by atoms with van der Waals surface area (Å²) in [6.45, 7) is 1.75. The van der Waals surface area contributed by atoms with Crippen molar-refractivity contribution in [2.24, 2.45) is 0 Å². The van der Waals surface area contributed by atoms with Gasteiger partial charge in [0.2, 0.25) is 0 Å². The van der Waals surface area contributed by atoms with Crippen molar-refractivity contribution in [3.8, 4) is 0 Å². The quantitative estimate of drug-likeness (QED) is 0.891. The smallest absolute Gasteiger partial charge is 0.380 e. The summed E-state index contributed by atoms with van der Waals surface area (Å²) in [5, 5.41) is 7.02. The molecule has 1 aliphatic rings. The number of aromatic nitrogens is 1. The molecule has 0 aliphatic carbocycles. The number of anilines is 1.